The Morgan fingerprint density at radius 3 is 2.55 bits per heavy atom. The summed E-state index contributed by atoms with van der Waals surface area (Å²) in [7, 11) is 0. The zero-order valence-electron chi connectivity index (χ0n) is 17.1. The molecule has 3 aromatic rings. The Morgan fingerprint density at radius 1 is 1.00 bits per heavy atom. The van der Waals surface area contributed by atoms with Gasteiger partial charge in [0.1, 0.15) is 18.2 Å². The SMILES string of the molecule is O=C(CN1C(=O)[C@]2(SCC(=O)N2c2cccc(F)c2)c2ccccc21)Nc1ccccc1F. The van der Waals surface area contributed by atoms with Crippen LogP contribution in [-0.2, 0) is 19.3 Å². The Hall–Kier alpha value is -3.72. The smallest absolute Gasteiger partial charge is 0.269 e. The maximum Gasteiger partial charge on any atom is 0.269 e. The molecule has 3 aromatic carbocycles. The fourth-order valence-corrected chi connectivity index (χ4v) is 5.58. The highest BCUT2D eigenvalue weighted by atomic mass is 32.2. The van der Waals surface area contributed by atoms with Gasteiger partial charge in [0.2, 0.25) is 16.7 Å². The van der Waals surface area contributed by atoms with Crippen LogP contribution in [0.4, 0.5) is 25.8 Å². The lowest BCUT2D eigenvalue weighted by Gasteiger charge is -2.33. The van der Waals surface area contributed by atoms with Gasteiger partial charge in [-0.05, 0) is 36.4 Å². The quantitative estimate of drug-likeness (QED) is 0.635. The molecule has 1 N–H and O–H groups in total. The van der Waals surface area contributed by atoms with Crippen molar-refractivity contribution >= 4 is 46.5 Å². The zero-order chi connectivity index (χ0) is 23.2. The van der Waals surface area contributed by atoms with E-state index >= 15 is 0 Å². The van der Waals surface area contributed by atoms with Crippen molar-refractivity contribution in [2.24, 2.45) is 0 Å². The second-order valence-corrected chi connectivity index (χ2v) is 8.75. The average molecular weight is 465 g/mol. The number of anilines is 3. The van der Waals surface area contributed by atoms with Crippen LogP contribution >= 0.6 is 11.8 Å². The molecule has 6 nitrogen and oxygen atoms in total. The van der Waals surface area contributed by atoms with Gasteiger partial charge in [-0.25, -0.2) is 8.78 Å². The summed E-state index contributed by atoms with van der Waals surface area (Å²) in [6.07, 6.45) is 0. The van der Waals surface area contributed by atoms with Gasteiger partial charge in [0.15, 0.2) is 0 Å². The minimum Gasteiger partial charge on any atom is -0.322 e. The number of rotatable bonds is 4. The molecule has 1 atom stereocenters. The van der Waals surface area contributed by atoms with Crippen LogP contribution in [0.5, 0.6) is 0 Å². The van der Waals surface area contributed by atoms with Crippen LogP contribution in [-0.4, -0.2) is 30.0 Å². The molecule has 1 spiro atoms. The Morgan fingerprint density at radius 2 is 1.76 bits per heavy atom. The van der Waals surface area contributed by atoms with Crippen molar-refractivity contribution in [2.45, 2.75) is 4.87 Å². The first-order valence-electron chi connectivity index (χ1n) is 10.1. The zero-order valence-corrected chi connectivity index (χ0v) is 17.9. The normalized spacial score (nSPS) is 19.3. The van der Waals surface area contributed by atoms with Crippen LogP contribution in [0.15, 0.2) is 72.8 Å². The molecule has 1 fully saturated rings. The average Bonchev–Trinajstić information content (AvgIpc) is 3.26. The van der Waals surface area contributed by atoms with Crippen LogP contribution < -0.4 is 15.1 Å². The van der Waals surface area contributed by atoms with Crippen molar-refractivity contribution in [1.29, 1.82) is 0 Å². The molecule has 0 aliphatic carbocycles. The number of para-hydroxylation sites is 2. The molecule has 0 unspecified atom stereocenters. The van der Waals surface area contributed by atoms with Crippen LogP contribution in [0.2, 0.25) is 0 Å². The third-order valence-electron chi connectivity index (χ3n) is 5.58. The number of benzene rings is 3. The number of amides is 3. The highest BCUT2D eigenvalue weighted by molar-refractivity contribution is 8.02. The van der Waals surface area contributed by atoms with E-state index in [1.165, 1.54) is 46.2 Å². The van der Waals surface area contributed by atoms with Gasteiger partial charge in [0.25, 0.3) is 5.91 Å². The molecule has 2 aliphatic heterocycles. The van der Waals surface area contributed by atoms with Gasteiger partial charge < -0.3 is 5.32 Å². The lowest BCUT2D eigenvalue weighted by molar-refractivity contribution is -0.124. The molecule has 3 amide bonds. The molecular formula is C24H17F2N3O3S. The van der Waals surface area contributed by atoms with Gasteiger partial charge in [-0.1, -0.05) is 36.4 Å². The number of carbonyl (C=O) groups is 3. The molecule has 2 aliphatic rings. The molecule has 5 rings (SSSR count). The Kier molecular flexibility index (Phi) is 5.13. The number of fused-ring (bicyclic) bond motifs is 2. The summed E-state index contributed by atoms with van der Waals surface area (Å²) in [5.74, 6) is -2.53. The molecule has 33 heavy (non-hydrogen) atoms. The summed E-state index contributed by atoms with van der Waals surface area (Å²) in [4.78, 5) is 40.6. The van der Waals surface area contributed by atoms with Crippen molar-refractivity contribution in [1.82, 2.24) is 0 Å². The predicted molar refractivity (Wildman–Crippen MR) is 122 cm³/mol. The van der Waals surface area contributed by atoms with Crippen LogP contribution in [0.3, 0.4) is 0 Å². The third kappa shape index (κ3) is 3.36. The summed E-state index contributed by atoms with van der Waals surface area (Å²) in [5.41, 5.74) is 1.26. The summed E-state index contributed by atoms with van der Waals surface area (Å²) in [6.45, 7) is -0.377. The minimum absolute atomic E-state index is 0.00366. The fourth-order valence-electron chi connectivity index (χ4n) is 4.22. The van der Waals surface area contributed by atoms with Gasteiger partial charge in [0.05, 0.1) is 17.1 Å². The van der Waals surface area contributed by atoms with E-state index in [-0.39, 0.29) is 29.6 Å². The minimum atomic E-state index is -1.46. The third-order valence-corrected chi connectivity index (χ3v) is 6.97. The molecular weight excluding hydrogens is 448 g/mol. The van der Waals surface area contributed by atoms with Gasteiger partial charge in [0, 0.05) is 11.3 Å². The van der Waals surface area contributed by atoms with Gasteiger partial charge in [-0.15, -0.1) is 11.8 Å². The molecule has 1 saturated heterocycles. The summed E-state index contributed by atoms with van der Waals surface area (Å²) in [5, 5.41) is 2.48. The monoisotopic (exact) mass is 465 g/mol. The summed E-state index contributed by atoms with van der Waals surface area (Å²) in [6, 6.07) is 18.1. The molecule has 0 aromatic heterocycles. The van der Waals surface area contributed by atoms with E-state index in [9.17, 15) is 23.2 Å². The first kappa shape index (κ1) is 21.1. The largest absolute Gasteiger partial charge is 0.322 e. The maximum atomic E-state index is 14.0. The summed E-state index contributed by atoms with van der Waals surface area (Å²) >= 11 is 1.13. The first-order chi connectivity index (χ1) is 15.9. The van der Waals surface area contributed by atoms with Crippen molar-refractivity contribution < 1.29 is 23.2 Å². The maximum absolute atomic E-state index is 14.0. The van der Waals surface area contributed by atoms with Gasteiger partial charge in [-0.2, -0.15) is 0 Å². The molecule has 9 heteroatoms. The van der Waals surface area contributed by atoms with Gasteiger partial charge in [-0.3, -0.25) is 24.2 Å². The lowest BCUT2D eigenvalue weighted by Crippen LogP contribution is -2.50. The fraction of sp³-hybridized carbons (Fsp3) is 0.125. The highest BCUT2D eigenvalue weighted by Crippen LogP contribution is 2.55. The predicted octanol–water partition coefficient (Wildman–Crippen LogP) is 3.88. The topological polar surface area (TPSA) is 69.7 Å². The Labute approximate surface area is 192 Å². The van der Waals surface area contributed by atoms with E-state index in [1.54, 1.807) is 36.4 Å². The van der Waals surface area contributed by atoms with E-state index in [1.807, 2.05) is 0 Å². The first-order valence-corrected chi connectivity index (χ1v) is 11.1. The number of halogens is 2. The number of carbonyl (C=O) groups excluding carboxylic acids is 3. The Bertz CT molecular complexity index is 1300. The lowest BCUT2D eigenvalue weighted by atomic mass is 10.0. The van der Waals surface area contributed by atoms with Crippen molar-refractivity contribution in [2.75, 3.05) is 27.4 Å². The van der Waals surface area contributed by atoms with Crippen LogP contribution in [0, 0.1) is 11.6 Å². The second-order valence-electron chi connectivity index (χ2n) is 7.58. The van der Waals surface area contributed by atoms with E-state index in [2.05, 4.69) is 5.32 Å². The van der Waals surface area contributed by atoms with E-state index in [4.69, 9.17) is 0 Å². The number of nitrogens with zero attached hydrogens (tertiary/aromatic N) is 2. The van der Waals surface area contributed by atoms with E-state index in [0.29, 0.717) is 11.3 Å². The molecule has 0 bridgehead atoms. The molecule has 166 valence electrons. The summed E-state index contributed by atoms with van der Waals surface area (Å²) < 4.78 is 27.9. The highest BCUT2D eigenvalue weighted by Gasteiger charge is 2.61. The number of nitrogens with one attached hydrogen (secondary N) is 1. The second kappa shape index (κ2) is 8.00. The van der Waals surface area contributed by atoms with Crippen LogP contribution in [0.1, 0.15) is 5.56 Å². The number of hydrogen-bond acceptors (Lipinski definition) is 4. The standard InChI is InChI=1S/C24H17F2N3O3S/c25-15-6-5-7-16(12-15)29-22(31)14-33-24(29)17-8-1-4-11-20(17)28(23(24)32)13-21(30)27-19-10-3-2-9-18(19)26/h1-12H,13-14H2,(H,27,30)/t24-/m1/s1. The number of hydrogen-bond donors (Lipinski definition) is 1. The molecule has 2 heterocycles. The van der Waals surface area contributed by atoms with Crippen molar-refractivity contribution in [3.63, 3.8) is 0 Å². The van der Waals surface area contributed by atoms with E-state index in [0.717, 1.165) is 11.8 Å². The van der Waals surface area contributed by atoms with Crippen molar-refractivity contribution in [3.05, 3.63) is 90.0 Å². The number of thioether (sulfide) groups is 1. The Balaban J connectivity index is 1.53. The van der Waals surface area contributed by atoms with Crippen molar-refractivity contribution in [3.8, 4) is 0 Å². The van der Waals surface area contributed by atoms with E-state index < -0.39 is 28.3 Å². The molecule has 0 radical (unpaired) electrons. The molecule has 0 saturated carbocycles. The van der Waals surface area contributed by atoms with Crippen LogP contribution in [0.25, 0.3) is 0 Å². The van der Waals surface area contributed by atoms with Gasteiger partial charge >= 0.3 is 0 Å².